The van der Waals surface area contributed by atoms with Gasteiger partial charge in [0.05, 0.1) is 5.56 Å². The number of fused-ring (bicyclic) bond motifs is 2. The molecule has 0 aliphatic carbocycles. The van der Waals surface area contributed by atoms with Crippen LogP contribution in [0.5, 0.6) is 0 Å². The molecule has 0 N–H and O–H groups in total. The summed E-state index contributed by atoms with van der Waals surface area (Å²) in [6.45, 7) is 0. The van der Waals surface area contributed by atoms with E-state index in [9.17, 15) is 13.2 Å². The third-order valence-electron chi connectivity index (χ3n) is 4.31. The fourth-order valence-electron chi connectivity index (χ4n) is 3.24. The Kier molecular flexibility index (Phi) is 3.31. The van der Waals surface area contributed by atoms with Gasteiger partial charge in [-0.25, -0.2) is 0 Å². The SMILES string of the molecule is FC(F)(F)c1ccc(-c2cccc3ccccc23)c2ccccc12. The predicted molar refractivity (Wildman–Crippen MR) is 91.9 cm³/mol. The molecule has 0 aromatic heterocycles. The van der Waals surface area contributed by atoms with Gasteiger partial charge in [-0.05, 0) is 38.7 Å². The van der Waals surface area contributed by atoms with Crippen LogP contribution in [0, 0.1) is 0 Å². The van der Waals surface area contributed by atoms with E-state index in [4.69, 9.17) is 0 Å². The van der Waals surface area contributed by atoms with Crippen LogP contribution in [0.4, 0.5) is 13.2 Å². The number of benzene rings is 4. The Morgan fingerprint density at radius 3 is 1.83 bits per heavy atom. The summed E-state index contributed by atoms with van der Waals surface area (Å²) in [7, 11) is 0. The van der Waals surface area contributed by atoms with Gasteiger partial charge in [-0.15, -0.1) is 0 Å². The Bertz CT molecular complexity index is 1040. The smallest absolute Gasteiger partial charge is 0.166 e. The predicted octanol–water partition coefficient (Wildman–Crippen LogP) is 6.68. The summed E-state index contributed by atoms with van der Waals surface area (Å²) >= 11 is 0. The summed E-state index contributed by atoms with van der Waals surface area (Å²) in [5, 5.41) is 2.95. The Labute approximate surface area is 137 Å². The monoisotopic (exact) mass is 322 g/mol. The van der Waals surface area contributed by atoms with Gasteiger partial charge in [-0.1, -0.05) is 72.8 Å². The molecule has 0 amide bonds. The molecule has 0 saturated heterocycles. The third kappa shape index (κ3) is 2.33. The highest BCUT2D eigenvalue weighted by Crippen LogP contribution is 2.40. The summed E-state index contributed by atoms with van der Waals surface area (Å²) in [5.74, 6) is 0. The molecule has 4 aromatic rings. The van der Waals surface area contributed by atoms with Crippen molar-refractivity contribution in [2.24, 2.45) is 0 Å². The van der Waals surface area contributed by atoms with E-state index in [1.807, 2.05) is 42.5 Å². The lowest BCUT2D eigenvalue weighted by atomic mass is 9.92. The molecule has 0 aliphatic heterocycles. The maximum absolute atomic E-state index is 13.3. The molecule has 0 bridgehead atoms. The Morgan fingerprint density at radius 2 is 1.08 bits per heavy atom. The maximum Gasteiger partial charge on any atom is 0.417 e. The highest BCUT2D eigenvalue weighted by Gasteiger charge is 2.32. The Morgan fingerprint density at radius 1 is 0.500 bits per heavy atom. The van der Waals surface area contributed by atoms with Crippen LogP contribution >= 0.6 is 0 Å². The van der Waals surface area contributed by atoms with E-state index in [1.165, 1.54) is 12.1 Å². The van der Waals surface area contributed by atoms with Crippen LogP contribution in [0.2, 0.25) is 0 Å². The highest BCUT2D eigenvalue weighted by atomic mass is 19.4. The van der Waals surface area contributed by atoms with Crippen LogP contribution in [0.15, 0.2) is 78.9 Å². The van der Waals surface area contributed by atoms with E-state index in [0.29, 0.717) is 5.39 Å². The fourth-order valence-corrected chi connectivity index (χ4v) is 3.24. The molecule has 0 nitrogen and oxygen atoms in total. The topological polar surface area (TPSA) is 0 Å². The zero-order valence-electron chi connectivity index (χ0n) is 12.6. The lowest BCUT2D eigenvalue weighted by molar-refractivity contribution is -0.136. The Balaban J connectivity index is 2.08. The summed E-state index contributed by atoms with van der Waals surface area (Å²) in [4.78, 5) is 0. The number of hydrogen-bond acceptors (Lipinski definition) is 0. The van der Waals surface area contributed by atoms with E-state index in [1.54, 1.807) is 24.3 Å². The molecule has 4 rings (SSSR count). The largest absolute Gasteiger partial charge is 0.417 e. The molecule has 0 heterocycles. The van der Waals surface area contributed by atoms with Gasteiger partial charge in [-0.3, -0.25) is 0 Å². The second-order valence-corrected chi connectivity index (χ2v) is 5.73. The van der Waals surface area contributed by atoms with Crippen LogP contribution in [-0.4, -0.2) is 0 Å². The van der Waals surface area contributed by atoms with Crippen molar-refractivity contribution in [1.82, 2.24) is 0 Å². The van der Waals surface area contributed by atoms with Gasteiger partial charge < -0.3 is 0 Å². The zero-order valence-corrected chi connectivity index (χ0v) is 12.6. The van der Waals surface area contributed by atoms with Crippen molar-refractivity contribution in [3.05, 3.63) is 84.4 Å². The molecule has 24 heavy (non-hydrogen) atoms. The first kappa shape index (κ1) is 14.8. The average Bonchev–Trinajstić information content (AvgIpc) is 2.59. The van der Waals surface area contributed by atoms with Gasteiger partial charge in [0.2, 0.25) is 0 Å². The summed E-state index contributed by atoms with van der Waals surface area (Å²) in [6.07, 6.45) is -4.36. The van der Waals surface area contributed by atoms with Crippen LogP contribution < -0.4 is 0 Å². The van der Waals surface area contributed by atoms with Gasteiger partial charge in [0.1, 0.15) is 0 Å². The molecule has 0 fully saturated rings. The van der Waals surface area contributed by atoms with Gasteiger partial charge in [0.25, 0.3) is 0 Å². The van der Waals surface area contributed by atoms with Crippen molar-refractivity contribution in [2.75, 3.05) is 0 Å². The molecular weight excluding hydrogens is 309 g/mol. The molecule has 0 radical (unpaired) electrons. The molecule has 3 heteroatoms. The number of rotatable bonds is 1. The minimum atomic E-state index is -4.36. The van der Waals surface area contributed by atoms with Gasteiger partial charge in [0.15, 0.2) is 0 Å². The van der Waals surface area contributed by atoms with E-state index in [0.717, 1.165) is 21.9 Å². The minimum Gasteiger partial charge on any atom is -0.166 e. The highest BCUT2D eigenvalue weighted by molar-refractivity contribution is 6.06. The van der Waals surface area contributed by atoms with Gasteiger partial charge in [0, 0.05) is 0 Å². The van der Waals surface area contributed by atoms with E-state index >= 15 is 0 Å². The van der Waals surface area contributed by atoms with Gasteiger partial charge >= 0.3 is 6.18 Å². The number of hydrogen-bond donors (Lipinski definition) is 0. The third-order valence-corrected chi connectivity index (χ3v) is 4.31. The second-order valence-electron chi connectivity index (χ2n) is 5.73. The molecule has 0 unspecified atom stereocenters. The lowest BCUT2D eigenvalue weighted by Gasteiger charge is -2.15. The quantitative estimate of drug-likeness (QED) is 0.367. The lowest BCUT2D eigenvalue weighted by Crippen LogP contribution is -2.05. The molecule has 0 aliphatic rings. The summed E-state index contributed by atoms with van der Waals surface area (Å²) in [5.41, 5.74) is 1.16. The van der Waals surface area contributed by atoms with Crippen molar-refractivity contribution >= 4 is 21.5 Å². The molecular formula is C21H13F3. The fraction of sp³-hybridized carbons (Fsp3) is 0.0476. The molecule has 4 aromatic carbocycles. The first-order valence-electron chi connectivity index (χ1n) is 7.63. The van der Waals surface area contributed by atoms with Crippen molar-refractivity contribution in [2.45, 2.75) is 6.18 Å². The van der Waals surface area contributed by atoms with Crippen LogP contribution in [0.1, 0.15) is 5.56 Å². The van der Waals surface area contributed by atoms with Crippen molar-refractivity contribution in [3.63, 3.8) is 0 Å². The molecule has 0 saturated carbocycles. The van der Waals surface area contributed by atoms with Crippen molar-refractivity contribution < 1.29 is 13.2 Å². The van der Waals surface area contributed by atoms with Crippen LogP contribution in [0.3, 0.4) is 0 Å². The van der Waals surface area contributed by atoms with Gasteiger partial charge in [-0.2, -0.15) is 13.2 Å². The molecule has 0 atom stereocenters. The standard InChI is InChI=1S/C21H13F3/c22-21(23,24)20-13-12-18(17-9-3-4-10-19(17)20)16-11-5-7-14-6-1-2-8-15(14)16/h1-13H. The number of halogens is 3. The second kappa shape index (κ2) is 5.38. The molecule has 0 spiro atoms. The van der Waals surface area contributed by atoms with Crippen LogP contribution in [-0.2, 0) is 6.18 Å². The van der Waals surface area contributed by atoms with Crippen molar-refractivity contribution in [1.29, 1.82) is 0 Å². The van der Waals surface area contributed by atoms with Crippen LogP contribution in [0.25, 0.3) is 32.7 Å². The maximum atomic E-state index is 13.3. The first-order valence-corrected chi connectivity index (χ1v) is 7.63. The van der Waals surface area contributed by atoms with E-state index in [2.05, 4.69) is 0 Å². The number of alkyl halides is 3. The van der Waals surface area contributed by atoms with E-state index < -0.39 is 11.7 Å². The normalized spacial score (nSPS) is 12.0. The Hall–Kier alpha value is -2.81. The first-order chi connectivity index (χ1) is 11.6. The zero-order chi connectivity index (χ0) is 16.7. The van der Waals surface area contributed by atoms with Crippen molar-refractivity contribution in [3.8, 4) is 11.1 Å². The minimum absolute atomic E-state index is 0.232. The average molecular weight is 322 g/mol. The molecule has 118 valence electrons. The summed E-state index contributed by atoms with van der Waals surface area (Å²) in [6, 6.07) is 23.3. The summed E-state index contributed by atoms with van der Waals surface area (Å²) < 4.78 is 39.9. The van der Waals surface area contributed by atoms with E-state index in [-0.39, 0.29) is 5.39 Å².